The maximum absolute atomic E-state index is 15.0. The first-order chi connectivity index (χ1) is 18.1. The minimum absolute atomic E-state index is 0.0774. The van der Waals surface area contributed by atoms with Gasteiger partial charge >= 0.3 is 0 Å². The molecule has 0 spiro atoms. The molecule has 2 atom stereocenters. The van der Waals surface area contributed by atoms with Crippen LogP contribution in [0.4, 0.5) is 4.39 Å². The molecule has 4 bridgehead atoms. The second-order valence-electron chi connectivity index (χ2n) is 11.6. The Morgan fingerprint density at radius 2 is 1.71 bits per heavy atom. The zero-order valence-corrected chi connectivity index (χ0v) is 22.5. The molecule has 10 heteroatoms. The van der Waals surface area contributed by atoms with E-state index in [9.17, 15) is 18.0 Å². The van der Waals surface area contributed by atoms with Gasteiger partial charge in [0.1, 0.15) is 5.82 Å². The van der Waals surface area contributed by atoms with Crippen molar-refractivity contribution in [3.63, 3.8) is 0 Å². The Hall–Kier alpha value is -2.49. The first-order valence-electron chi connectivity index (χ1n) is 13.2. The third-order valence-electron chi connectivity index (χ3n) is 9.08. The van der Waals surface area contributed by atoms with Gasteiger partial charge in [-0.15, -0.1) is 0 Å². The Morgan fingerprint density at radius 3 is 2.29 bits per heavy atom. The summed E-state index contributed by atoms with van der Waals surface area (Å²) < 4.78 is 43.4. The zero-order chi connectivity index (χ0) is 26.8. The van der Waals surface area contributed by atoms with Gasteiger partial charge in [0.05, 0.1) is 11.4 Å². The van der Waals surface area contributed by atoms with E-state index in [0.717, 1.165) is 25.3 Å². The fourth-order valence-electron chi connectivity index (χ4n) is 7.36. The molecule has 2 amide bonds. The predicted octanol–water partition coefficient (Wildman–Crippen LogP) is 4.10. The van der Waals surface area contributed by atoms with E-state index in [0.29, 0.717) is 42.2 Å². The van der Waals surface area contributed by atoms with Gasteiger partial charge in [0, 0.05) is 28.1 Å². The van der Waals surface area contributed by atoms with E-state index in [-0.39, 0.29) is 52.7 Å². The number of amides is 2. The van der Waals surface area contributed by atoms with Crippen molar-refractivity contribution in [2.24, 2.45) is 28.9 Å². The first kappa shape index (κ1) is 25.8. The topological polar surface area (TPSA) is 110 Å². The highest BCUT2D eigenvalue weighted by atomic mass is 35.5. The molecule has 0 radical (unpaired) electrons. The first-order valence-corrected chi connectivity index (χ1v) is 15.0. The summed E-state index contributed by atoms with van der Waals surface area (Å²) in [5.41, 5.74) is 6.18. The Labute approximate surface area is 227 Å². The standard InChI is InChI=1S/C28H31ClFN3O4S/c29-20-3-1-17(2-4-20)23-8-7-22(11-24(23)30)38(36,37)33(21-5-6-21)15-25(34)32-26-18-9-16-10-19(26)14-28(12-16,13-18)27(31)35/h1-4,7-8,11,16,18-19,21,26H,5-6,9-10,12-15H2,(H2,31,35)(H,32,34). The number of halogens is 2. The molecule has 0 aromatic heterocycles. The number of carbonyl (C=O) groups excluding carboxylic acids is 2. The van der Waals surface area contributed by atoms with Crippen molar-refractivity contribution in [3.8, 4) is 11.1 Å². The van der Waals surface area contributed by atoms with Gasteiger partial charge in [0.2, 0.25) is 21.8 Å². The lowest BCUT2D eigenvalue weighted by Gasteiger charge is -2.58. The molecule has 7 rings (SSSR count). The lowest BCUT2D eigenvalue weighted by molar-refractivity contribution is -0.147. The number of hydrogen-bond donors (Lipinski definition) is 2. The Kier molecular flexibility index (Phi) is 6.31. The summed E-state index contributed by atoms with van der Waals surface area (Å²) >= 11 is 5.92. The molecule has 2 aromatic carbocycles. The van der Waals surface area contributed by atoms with E-state index in [1.165, 1.54) is 16.4 Å². The fourth-order valence-corrected chi connectivity index (χ4v) is 9.14. The molecule has 5 aliphatic carbocycles. The van der Waals surface area contributed by atoms with Crippen LogP contribution in [-0.2, 0) is 19.6 Å². The maximum Gasteiger partial charge on any atom is 0.243 e. The molecule has 2 aromatic rings. The second-order valence-corrected chi connectivity index (χ2v) is 14.0. The smallest absolute Gasteiger partial charge is 0.243 e. The number of nitrogens with zero attached hydrogens (tertiary/aromatic N) is 1. The van der Waals surface area contributed by atoms with Crippen LogP contribution in [0.25, 0.3) is 11.1 Å². The summed E-state index contributed by atoms with van der Waals surface area (Å²) in [4.78, 5) is 25.3. The number of sulfonamides is 1. The van der Waals surface area contributed by atoms with E-state index in [1.807, 2.05) is 0 Å². The minimum Gasteiger partial charge on any atom is -0.369 e. The number of benzene rings is 2. The Morgan fingerprint density at radius 1 is 1.05 bits per heavy atom. The number of nitrogens with two attached hydrogens (primary N) is 1. The Bertz CT molecular complexity index is 1380. The van der Waals surface area contributed by atoms with Gasteiger partial charge in [-0.1, -0.05) is 29.8 Å². The number of hydrogen-bond acceptors (Lipinski definition) is 4. The van der Waals surface area contributed by atoms with Gasteiger partial charge in [-0.2, -0.15) is 4.31 Å². The van der Waals surface area contributed by atoms with E-state index in [4.69, 9.17) is 17.3 Å². The van der Waals surface area contributed by atoms with Crippen LogP contribution in [0.2, 0.25) is 5.02 Å². The van der Waals surface area contributed by atoms with Crippen molar-refractivity contribution < 1.29 is 22.4 Å². The molecule has 0 saturated heterocycles. The van der Waals surface area contributed by atoms with E-state index in [2.05, 4.69) is 5.32 Å². The highest BCUT2D eigenvalue weighted by molar-refractivity contribution is 7.89. The average molecular weight is 560 g/mol. The third-order valence-corrected chi connectivity index (χ3v) is 11.2. The molecule has 0 aliphatic heterocycles. The molecule has 7 nitrogen and oxygen atoms in total. The van der Waals surface area contributed by atoms with Gasteiger partial charge in [0.15, 0.2) is 0 Å². The molecule has 2 unspecified atom stereocenters. The van der Waals surface area contributed by atoms with Crippen LogP contribution in [0.15, 0.2) is 47.4 Å². The molecule has 5 fully saturated rings. The molecule has 5 saturated carbocycles. The maximum atomic E-state index is 15.0. The van der Waals surface area contributed by atoms with Gasteiger partial charge in [-0.05, 0) is 92.5 Å². The minimum atomic E-state index is -4.09. The van der Waals surface area contributed by atoms with Crippen LogP contribution in [0, 0.1) is 29.0 Å². The molecule has 5 aliphatic rings. The fraction of sp³-hybridized carbons (Fsp3) is 0.500. The van der Waals surface area contributed by atoms with Crippen molar-refractivity contribution in [1.29, 1.82) is 0 Å². The lowest BCUT2D eigenvalue weighted by atomic mass is 9.47. The quantitative estimate of drug-likeness (QED) is 0.507. The van der Waals surface area contributed by atoms with Crippen LogP contribution >= 0.6 is 11.6 Å². The predicted molar refractivity (Wildman–Crippen MR) is 141 cm³/mol. The van der Waals surface area contributed by atoms with Gasteiger partial charge in [0.25, 0.3) is 0 Å². The van der Waals surface area contributed by atoms with Crippen molar-refractivity contribution in [2.75, 3.05) is 6.54 Å². The summed E-state index contributed by atoms with van der Waals surface area (Å²) in [6.07, 6.45) is 5.46. The highest BCUT2D eigenvalue weighted by Gasteiger charge is 2.58. The monoisotopic (exact) mass is 559 g/mol. The Balaban J connectivity index is 1.18. The summed E-state index contributed by atoms with van der Waals surface area (Å²) in [6.45, 7) is -0.312. The van der Waals surface area contributed by atoms with Crippen LogP contribution in [0.3, 0.4) is 0 Å². The second kappa shape index (κ2) is 9.31. The number of nitrogens with one attached hydrogen (secondary N) is 1. The van der Waals surface area contributed by atoms with Gasteiger partial charge in [-0.3, -0.25) is 9.59 Å². The SMILES string of the molecule is NC(=O)C12CC3CC(C1)C(NC(=O)CN(C1CC1)S(=O)(=O)c1ccc(-c4ccc(Cl)cc4)c(F)c1)C(C3)C2. The number of primary amides is 1. The van der Waals surface area contributed by atoms with Gasteiger partial charge in [-0.25, -0.2) is 12.8 Å². The van der Waals surface area contributed by atoms with E-state index in [1.54, 1.807) is 24.3 Å². The molecule has 38 heavy (non-hydrogen) atoms. The van der Waals surface area contributed by atoms with Crippen molar-refractivity contribution in [1.82, 2.24) is 9.62 Å². The van der Waals surface area contributed by atoms with E-state index >= 15 is 4.39 Å². The zero-order valence-electron chi connectivity index (χ0n) is 20.9. The van der Waals surface area contributed by atoms with Crippen LogP contribution in [-0.4, -0.2) is 43.2 Å². The van der Waals surface area contributed by atoms with Crippen LogP contribution in [0.1, 0.15) is 44.9 Å². The average Bonchev–Trinajstić information content (AvgIpc) is 3.70. The van der Waals surface area contributed by atoms with Crippen LogP contribution in [0.5, 0.6) is 0 Å². The van der Waals surface area contributed by atoms with Crippen molar-refractivity contribution in [3.05, 3.63) is 53.3 Å². The summed E-state index contributed by atoms with van der Waals surface area (Å²) in [6, 6.07) is 10.1. The molecule has 3 N–H and O–H groups in total. The normalized spacial score (nSPS) is 30.0. The third kappa shape index (κ3) is 4.52. The summed E-state index contributed by atoms with van der Waals surface area (Å²) in [5, 5.41) is 3.64. The molecule has 0 heterocycles. The molecule has 202 valence electrons. The summed E-state index contributed by atoms with van der Waals surface area (Å²) in [7, 11) is -4.09. The number of rotatable bonds is 8. The van der Waals surface area contributed by atoms with Crippen LogP contribution < -0.4 is 11.1 Å². The summed E-state index contributed by atoms with van der Waals surface area (Å²) in [5.74, 6) is -0.435. The lowest BCUT2D eigenvalue weighted by Crippen LogP contribution is -2.62. The number of carbonyl (C=O) groups is 2. The highest BCUT2D eigenvalue weighted by Crippen LogP contribution is 2.59. The molecular formula is C28H31ClFN3O4S. The van der Waals surface area contributed by atoms with E-state index < -0.39 is 21.3 Å². The largest absolute Gasteiger partial charge is 0.369 e. The molecular weight excluding hydrogens is 529 g/mol. The van der Waals surface area contributed by atoms with Crippen molar-refractivity contribution in [2.45, 2.75) is 61.9 Å². The van der Waals surface area contributed by atoms with Crippen molar-refractivity contribution >= 4 is 33.4 Å². The van der Waals surface area contributed by atoms with Gasteiger partial charge < -0.3 is 11.1 Å².